The van der Waals surface area contributed by atoms with Gasteiger partial charge in [0.2, 0.25) is 10.0 Å². The predicted molar refractivity (Wildman–Crippen MR) is 96.3 cm³/mol. The molecular formula is C19H23NO3S. The van der Waals surface area contributed by atoms with Crippen LogP contribution in [0.2, 0.25) is 0 Å². The Labute approximate surface area is 144 Å². The van der Waals surface area contributed by atoms with E-state index < -0.39 is 22.2 Å². The summed E-state index contributed by atoms with van der Waals surface area (Å²) >= 11 is 0. The largest absolute Gasteiger partial charge is 0.375 e. The number of rotatable bonds is 8. The average molecular weight is 345 g/mol. The van der Waals surface area contributed by atoms with Gasteiger partial charge in [-0.05, 0) is 31.0 Å². The number of nitrogens with one attached hydrogen (secondary N) is 1. The fourth-order valence-electron chi connectivity index (χ4n) is 2.57. The summed E-state index contributed by atoms with van der Waals surface area (Å²) in [6.07, 6.45) is 1.75. The van der Waals surface area contributed by atoms with Crippen molar-refractivity contribution < 1.29 is 13.2 Å². The molecule has 0 aromatic heterocycles. The van der Waals surface area contributed by atoms with Gasteiger partial charge in [-0.25, -0.2) is 13.1 Å². The molecule has 24 heavy (non-hydrogen) atoms. The minimum atomic E-state index is -3.64. The summed E-state index contributed by atoms with van der Waals surface area (Å²) in [5.74, 6) is 0. The predicted octanol–water partition coefficient (Wildman–Crippen LogP) is 3.61. The van der Waals surface area contributed by atoms with Gasteiger partial charge in [0.25, 0.3) is 0 Å². The smallest absolute Gasteiger partial charge is 0.240 e. The number of sulfonamides is 1. The van der Waals surface area contributed by atoms with Crippen molar-refractivity contribution in [3.63, 3.8) is 0 Å². The summed E-state index contributed by atoms with van der Waals surface area (Å²) in [5.41, 5.74) is 1.93. The maximum atomic E-state index is 12.7. The Morgan fingerprint density at radius 3 is 2.29 bits per heavy atom. The van der Waals surface area contributed by atoms with Crippen molar-refractivity contribution >= 4 is 10.0 Å². The van der Waals surface area contributed by atoms with E-state index >= 15 is 0 Å². The van der Waals surface area contributed by atoms with Crippen molar-refractivity contribution in [3.05, 3.63) is 78.4 Å². The lowest BCUT2D eigenvalue weighted by Gasteiger charge is -2.26. The van der Waals surface area contributed by atoms with Crippen molar-refractivity contribution in [2.45, 2.75) is 30.4 Å². The number of ether oxygens (including phenoxy) is 1. The molecule has 2 aromatic carbocycles. The second-order valence-corrected chi connectivity index (χ2v) is 7.35. The molecule has 0 heterocycles. The summed E-state index contributed by atoms with van der Waals surface area (Å²) in [6.45, 7) is 5.65. The van der Waals surface area contributed by atoms with Gasteiger partial charge in [-0.3, -0.25) is 0 Å². The number of methoxy groups -OCH3 is 1. The van der Waals surface area contributed by atoms with Crippen LogP contribution in [0.1, 0.15) is 23.7 Å². The summed E-state index contributed by atoms with van der Waals surface area (Å²) in [5, 5.41) is 0. The Hall–Kier alpha value is -1.95. The molecule has 0 fully saturated rings. The van der Waals surface area contributed by atoms with E-state index in [9.17, 15) is 8.42 Å². The van der Waals surface area contributed by atoms with Crippen LogP contribution < -0.4 is 4.72 Å². The highest BCUT2D eigenvalue weighted by Crippen LogP contribution is 2.24. The standard InChI is InChI=1S/C19H23NO3S/c1-4-8-18(19(23-3)16-9-6-5-7-10-16)20-24(21,22)17-13-11-15(2)12-14-17/h4-7,9-14,18-20H,1,8H2,2-3H3/t18-,19+/m0/s1. The molecule has 2 rings (SSSR count). The van der Waals surface area contributed by atoms with Crippen LogP contribution >= 0.6 is 0 Å². The van der Waals surface area contributed by atoms with Crippen molar-refractivity contribution in [1.82, 2.24) is 4.72 Å². The monoisotopic (exact) mass is 345 g/mol. The van der Waals surface area contributed by atoms with Gasteiger partial charge in [0.05, 0.1) is 17.0 Å². The number of benzene rings is 2. The quantitative estimate of drug-likeness (QED) is 0.744. The third-order valence-corrected chi connectivity index (χ3v) is 5.31. The zero-order chi connectivity index (χ0) is 17.6. The van der Waals surface area contributed by atoms with E-state index in [1.54, 1.807) is 37.5 Å². The molecular weight excluding hydrogens is 322 g/mol. The van der Waals surface area contributed by atoms with E-state index in [2.05, 4.69) is 11.3 Å². The second kappa shape index (κ2) is 8.24. The Kier molecular flexibility index (Phi) is 6.31. The fourth-order valence-corrected chi connectivity index (χ4v) is 3.82. The minimum Gasteiger partial charge on any atom is -0.375 e. The molecule has 2 atom stereocenters. The van der Waals surface area contributed by atoms with Crippen molar-refractivity contribution in [1.29, 1.82) is 0 Å². The van der Waals surface area contributed by atoms with Crippen molar-refractivity contribution in [2.75, 3.05) is 7.11 Å². The number of hydrogen-bond acceptors (Lipinski definition) is 3. The van der Waals surface area contributed by atoms with E-state index in [1.807, 2.05) is 37.3 Å². The van der Waals surface area contributed by atoms with Gasteiger partial charge < -0.3 is 4.74 Å². The molecule has 0 aliphatic heterocycles. The Bertz CT molecular complexity index is 755. The van der Waals surface area contributed by atoms with Gasteiger partial charge in [0.15, 0.2) is 0 Å². The second-order valence-electron chi connectivity index (χ2n) is 5.63. The Morgan fingerprint density at radius 2 is 1.75 bits per heavy atom. The van der Waals surface area contributed by atoms with Crippen LogP contribution in [0.5, 0.6) is 0 Å². The van der Waals surface area contributed by atoms with Gasteiger partial charge in [0.1, 0.15) is 0 Å². The van der Waals surface area contributed by atoms with Gasteiger partial charge in [-0.1, -0.05) is 54.1 Å². The highest BCUT2D eigenvalue weighted by atomic mass is 32.2. The summed E-state index contributed by atoms with van der Waals surface area (Å²) in [6, 6.07) is 15.9. The molecule has 2 aromatic rings. The molecule has 0 amide bonds. The van der Waals surface area contributed by atoms with Crippen LogP contribution in [-0.4, -0.2) is 21.6 Å². The fraction of sp³-hybridized carbons (Fsp3) is 0.263. The van der Waals surface area contributed by atoms with E-state index in [0.717, 1.165) is 11.1 Å². The van der Waals surface area contributed by atoms with Gasteiger partial charge in [-0.2, -0.15) is 0 Å². The Morgan fingerprint density at radius 1 is 1.12 bits per heavy atom. The van der Waals surface area contributed by atoms with Crippen LogP contribution in [0.4, 0.5) is 0 Å². The zero-order valence-corrected chi connectivity index (χ0v) is 14.8. The normalized spacial score (nSPS) is 14.1. The van der Waals surface area contributed by atoms with Crippen LogP contribution in [-0.2, 0) is 14.8 Å². The highest BCUT2D eigenvalue weighted by molar-refractivity contribution is 7.89. The van der Waals surface area contributed by atoms with Crippen LogP contribution in [0.3, 0.4) is 0 Å². The molecule has 1 N–H and O–H groups in total. The first-order valence-corrected chi connectivity index (χ1v) is 9.24. The maximum absolute atomic E-state index is 12.7. The van der Waals surface area contributed by atoms with Crippen LogP contribution in [0.25, 0.3) is 0 Å². The van der Waals surface area contributed by atoms with Gasteiger partial charge >= 0.3 is 0 Å². The first-order chi connectivity index (χ1) is 11.5. The van der Waals surface area contributed by atoms with Crippen molar-refractivity contribution in [3.8, 4) is 0 Å². The number of hydrogen-bond donors (Lipinski definition) is 1. The first kappa shape index (κ1) is 18.4. The molecule has 0 bridgehead atoms. The van der Waals surface area contributed by atoms with E-state index in [-0.39, 0.29) is 4.90 Å². The zero-order valence-electron chi connectivity index (χ0n) is 14.0. The lowest BCUT2D eigenvalue weighted by atomic mass is 10.0. The van der Waals surface area contributed by atoms with Crippen molar-refractivity contribution in [2.24, 2.45) is 0 Å². The molecule has 4 nitrogen and oxygen atoms in total. The molecule has 0 saturated heterocycles. The lowest BCUT2D eigenvalue weighted by molar-refractivity contribution is 0.0759. The third-order valence-electron chi connectivity index (χ3n) is 3.81. The van der Waals surface area contributed by atoms with E-state index in [4.69, 9.17) is 4.74 Å². The summed E-state index contributed by atoms with van der Waals surface area (Å²) in [7, 11) is -2.06. The van der Waals surface area contributed by atoms with Gasteiger partial charge in [-0.15, -0.1) is 6.58 Å². The SMILES string of the molecule is C=CC[C@H](NS(=O)(=O)c1ccc(C)cc1)[C@H](OC)c1ccccc1. The lowest BCUT2D eigenvalue weighted by Crippen LogP contribution is -2.39. The highest BCUT2D eigenvalue weighted by Gasteiger charge is 2.27. The molecule has 128 valence electrons. The molecule has 0 spiro atoms. The molecule has 0 unspecified atom stereocenters. The minimum absolute atomic E-state index is 0.241. The van der Waals surface area contributed by atoms with E-state index in [1.165, 1.54) is 0 Å². The van der Waals surface area contributed by atoms with Gasteiger partial charge in [0, 0.05) is 7.11 Å². The average Bonchev–Trinajstić information content (AvgIpc) is 2.57. The van der Waals surface area contributed by atoms with Crippen LogP contribution in [0.15, 0.2) is 72.1 Å². The topological polar surface area (TPSA) is 55.4 Å². The molecule has 0 saturated carbocycles. The molecule has 0 radical (unpaired) electrons. The molecule has 0 aliphatic carbocycles. The number of aryl methyl sites for hydroxylation is 1. The summed E-state index contributed by atoms with van der Waals surface area (Å²) < 4.78 is 33.7. The molecule has 5 heteroatoms. The summed E-state index contributed by atoms with van der Waals surface area (Å²) in [4.78, 5) is 0.241. The van der Waals surface area contributed by atoms with Crippen LogP contribution in [0, 0.1) is 6.92 Å². The first-order valence-electron chi connectivity index (χ1n) is 7.75. The molecule has 0 aliphatic rings. The third kappa shape index (κ3) is 4.54. The van der Waals surface area contributed by atoms with E-state index in [0.29, 0.717) is 6.42 Å². The maximum Gasteiger partial charge on any atom is 0.240 e. The Balaban J connectivity index is 2.29.